The van der Waals surface area contributed by atoms with Crippen molar-refractivity contribution in [2.24, 2.45) is 5.92 Å². The Balaban J connectivity index is 1.71. The summed E-state index contributed by atoms with van der Waals surface area (Å²) in [6, 6.07) is 12.8. The van der Waals surface area contributed by atoms with Crippen molar-refractivity contribution >= 4 is 46.4 Å². The molecule has 0 unspecified atom stereocenters. The summed E-state index contributed by atoms with van der Waals surface area (Å²) < 4.78 is 0. The third kappa shape index (κ3) is 3.80. The van der Waals surface area contributed by atoms with E-state index in [1.165, 1.54) is 10.5 Å². The topological polar surface area (TPSA) is 49.4 Å². The van der Waals surface area contributed by atoms with Gasteiger partial charge in [-0.05, 0) is 36.2 Å². The summed E-state index contributed by atoms with van der Waals surface area (Å²) in [5.41, 5.74) is 2.48. The number of halogens is 2. The third-order valence-electron chi connectivity index (χ3n) is 4.35. The number of benzene rings is 2. The molecule has 1 saturated heterocycles. The summed E-state index contributed by atoms with van der Waals surface area (Å²) in [6.45, 7) is 2.37. The lowest BCUT2D eigenvalue weighted by molar-refractivity contribution is -0.122. The summed E-state index contributed by atoms with van der Waals surface area (Å²) >= 11 is 12.2. The molecule has 1 fully saturated rings. The zero-order valence-corrected chi connectivity index (χ0v) is 15.3. The van der Waals surface area contributed by atoms with Crippen LogP contribution in [0.25, 0.3) is 0 Å². The Morgan fingerprint density at radius 2 is 1.92 bits per heavy atom. The minimum Gasteiger partial charge on any atom is -0.326 e. The van der Waals surface area contributed by atoms with Crippen molar-refractivity contribution in [2.45, 2.75) is 19.8 Å². The zero-order valence-electron chi connectivity index (χ0n) is 13.8. The second-order valence-electron chi connectivity index (χ2n) is 6.02. The van der Waals surface area contributed by atoms with Crippen LogP contribution >= 0.6 is 23.2 Å². The lowest BCUT2D eigenvalue weighted by Crippen LogP contribution is -2.28. The van der Waals surface area contributed by atoms with Gasteiger partial charge in [0.2, 0.25) is 11.8 Å². The molecule has 0 saturated carbocycles. The second kappa shape index (κ2) is 7.46. The van der Waals surface area contributed by atoms with Gasteiger partial charge in [0.25, 0.3) is 0 Å². The predicted molar refractivity (Wildman–Crippen MR) is 101 cm³/mol. The molecule has 25 heavy (non-hydrogen) atoms. The Hall–Kier alpha value is -2.04. The predicted octanol–water partition coefficient (Wildman–Crippen LogP) is 4.55. The number of rotatable bonds is 4. The Labute approximate surface area is 156 Å². The Morgan fingerprint density at radius 1 is 1.20 bits per heavy atom. The summed E-state index contributed by atoms with van der Waals surface area (Å²) in [5, 5.41) is 3.59. The summed E-state index contributed by atoms with van der Waals surface area (Å²) in [4.78, 5) is 26.4. The molecule has 2 aromatic rings. The Morgan fingerprint density at radius 3 is 2.60 bits per heavy atom. The minimum atomic E-state index is -0.423. The highest BCUT2D eigenvalue weighted by atomic mass is 35.5. The van der Waals surface area contributed by atoms with Crippen LogP contribution in [0.5, 0.6) is 0 Å². The van der Waals surface area contributed by atoms with Crippen LogP contribution in [0, 0.1) is 5.92 Å². The number of hydrogen-bond acceptors (Lipinski definition) is 2. The molecule has 0 aliphatic carbocycles. The van der Waals surface area contributed by atoms with Crippen LogP contribution < -0.4 is 10.2 Å². The van der Waals surface area contributed by atoms with E-state index in [9.17, 15) is 9.59 Å². The van der Waals surface area contributed by atoms with E-state index in [-0.39, 0.29) is 24.8 Å². The molecule has 3 rings (SSSR count). The molecular formula is C19H18Cl2N2O2. The largest absolute Gasteiger partial charge is 0.326 e. The number of amides is 2. The van der Waals surface area contributed by atoms with Crippen LogP contribution in [0.2, 0.25) is 10.0 Å². The molecule has 6 heteroatoms. The molecule has 1 N–H and O–H groups in total. The average Bonchev–Trinajstić information content (AvgIpc) is 3.00. The van der Waals surface area contributed by atoms with E-state index >= 15 is 0 Å². The Bertz CT molecular complexity index is 806. The number of hydrogen-bond donors (Lipinski definition) is 1. The summed E-state index contributed by atoms with van der Waals surface area (Å²) in [5.74, 6) is -0.725. The van der Waals surface area contributed by atoms with Crippen molar-refractivity contribution < 1.29 is 9.59 Å². The normalized spacial score (nSPS) is 17.0. The van der Waals surface area contributed by atoms with Gasteiger partial charge in [-0.2, -0.15) is 0 Å². The minimum absolute atomic E-state index is 0.134. The molecule has 130 valence electrons. The molecule has 2 aromatic carbocycles. The highest BCUT2D eigenvalue weighted by Gasteiger charge is 2.36. The van der Waals surface area contributed by atoms with Gasteiger partial charge < -0.3 is 10.2 Å². The molecule has 0 aromatic heterocycles. The van der Waals surface area contributed by atoms with Gasteiger partial charge in [-0.1, -0.05) is 48.3 Å². The standard InChI is InChI=1S/C19H18Cl2N2O2/c1-2-12-6-8-14(9-7-12)22-19(25)13-10-17(24)23(11-13)16-5-3-4-15(20)18(16)21/h3-9,13H,2,10-11H2,1H3,(H,22,25)/t13-/m0/s1. The molecule has 0 radical (unpaired) electrons. The SMILES string of the molecule is CCc1ccc(NC(=O)[C@H]2CC(=O)N(c3cccc(Cl)c3Cl)C2)cc1. The highest BCUT2D eigenvalue weighted by Crippen LogP contribution is 2.35. The number of nitrogens with zero attached hydrogens (tertiary/aromatic N) is 1. The summed E-state index contributed by atoms with van der Waals surface area (Å²) in [6.07, 6.45) is 1.10. The van der Waals surface area contributed by atoms with Gasteiger partial charge in [0.1, 0.15) is 0 Å². The van der Waals surface area contributed by atoms with Crippen LogP contribution in [0.4, 0.5) is 11.4 Å². The quantitative estimate of drug-likeness (QED) is 0.850. The average molecular weight is 377 g/mol. The fourth-order valence-electron chi connectivity index (χ4n) is 2.89. The number of carbonyl (C=O) groups is 2. The van der Waals surface area contributed by atoms with Crippen LogP contribution in [0.3, 0.4) is 0 Å². The van der Waals surface area contributed by atoms with Crippen LogP contribution in [-0.4, -0.2) is 18.4 Å². The van der Waals surface area contributed by atoms with Gasteiger partial charge in [0.15, 0.2) is 0 Å². The van der Waals surface area contributed by atoms with Gasteiger partial charge in [0, 0.05) is 18.7 Å². The maximum atomic E-state index is 12.5. The molecular weight excluding hydrogens is 359 g/mol. The van der Waals surface area contributed by atoms with Crippen LogP contribution in [0.1, 0.15) is 18.9 Å². The number of aryl methyl sites for hydroxylation is 1. The van der Waals surface area contributed by atoms with E-state index < -0.39 is 5.92 Å². The third-order valence-corrected chi connectivity index (χ3v) is 5.16. The fourth-order valence-corrected chi connectivity index (χ4v) is 3.28. The van der Waals surface area contributed by atoms with Gasteiger partial charge in [-0.3, -0.25) is 9.59 Å². The molecule has 4 nitrogen and oxygen atoms in total. The maximum absolute atomic E-state index is 12.5. The second-order valence-corrected chi connectivity index (χ2v) is 6.80. The molecule has 1 atom stereocenters. The van der Waals surface area contributed by atoms with Crippen molar-refractivity contribution in [1.82, 2.24) is 0 Å². The molecule has 1 aliphatic heterocycles. The van der Waals surface area contributed by atoms with Crippen LogP contribution in [-0.2, 0) is 16.0 Å². The number of nitrogens with one attached hydrogen (secondary N) is 1. The lowest BCUT2D eigenvalue weighted by atomic mass is 10.1. The smallest absolute Gasteiger partial charge is 0.229 e. The first kappa shape index (κ1) is 17.8. The van der Waals surface area contributed by atoms with Crippen molar-refractivity contribution in [2.75, 3.05) is 16.8 Å². The number of anilines is 2. The fraction of sp³-hybridized carbons (Fsp3) is 0.263. The first-order valence-corrected chi connectivity index (χ1v) is 8.89. The van der Waals surface area contributed by atoms with Crippen molar-refractivity contribution in [3.63, 3.8) is 0 Å². The number of carbonyl (C=O) groups excluding carboxylic acids is 2. The molecule has 2 amide bonds. The Kier molecular flexibility index (Phi) is 5.30. The van der Waals surface area contributed by atoms with E-state index in [1.54, 1.807) is 18.2 Å². The van der Waals surface area contributed by atoms with Gasteiger partial charge in [0.05, 0.1) is 21.7 Å². The first-order chi connectivity index (χ1) is 12.0. The van der Waals surface area contributed by atoms with E-state index in [0.717, 1.165) is 12.1 Å². The van der Waals surface area contributed by atoms with Gasteiger partial charge in [-0.15, -0.1) is 0 Å². The van der Waals surface area contributed by atoms with E-state index in [4.69, 9.17) is 23.2 Å². The molecule has 1 aliphatic rings. The first-order valence-electron chi connectivity index (χ1n) is 8.13. The van der Waals surface area contributed by atoms with Crippen molar-refractivity contribution in [1.29, 1.82) is 0 Å². The molecule has 0 spiro atoms. The van der Waals surface area contributed by atoms with E-state index in [1.807, 2.05) is 24.3 Å². The highest BCUT2D eigenvalue weighted by molar-refractivity contribution is 6.44. The van der Waals surface area contributed by atoms with E-state index in [2.05, 4.69) is 12.2 Å². The monoisotopic (exact) mass is 376 g/mol. The van der Waals surface area contributed by atoms with Gasteiger partial charge >= 0.3 is 0 Å². The molecule has 0 bridgehead atoms. The van der Waals surface area contributed by atoms with E-state index in [0.29, 0.717) is 15.7 Å². The zero-order chi connectivity index (χ0) is 18.0. The van der Waals surface area contributed by atoms with Crippen molar-refractivity contribution in [3.05, 3.63) is 58.1 Å². The lowest BCUT2D eigenvalue weighted by Gasteiger charge is -2.18. The van der Waals surface area contributed by atoms with Crippen LogP contribution in [0.15, 0.2) is 42.5 Å². The van der Waals surface area contributed by atoms with Crippen molar-refractivity contribution in [3.8, 4) is 0 Å². The molecule has 1 heterocycles. The summed E-state index contributed by atoms with van der Waals surface area (Å²) in [7, 11) is 0. The maximum Gasteiger partial charge on any atom is 0.229 e. The van der Waals surface area contributed by atoms with Gasteiger partial charge in [-0.25, -0.2) is 0 Å².